The summed E-state index contributed by atoms with van der Waals surface area (Å²) in [7, 11) is -5.06. The summed E-state index contributed by atoms with van der Waals surface area (Å²) in [5.74, 6) is -4.45. The Kier molecular flexibility index (Phi) is 7.76. The number of aromatic nitrogens is 1. The minimum absolute atomic E-state index is 0.0471. The van der Waals surface area contributed by atoms with E-state index in [1.54, 1.807) is 45.2 Å². The Balaban J connectivity index is 2.40. The normalized spacial score (nSPS) is 22.9. The predicted octanol–water partition coefficient (Wildman–Crippen LogP) is 5.18. The zero-order chi connectivity index (χ0) is 26.7. The fraction of sp³-hybridized carbons (Fsp3) is 0.421. The average molecular weight is 757 g/mol. The number of fused-ring (bicyclic) bond motifs is 1. The first kappa shape index (κ1) is 28.7. The monoisotopic (exact) mass is 757 g/mol. The summed E-state index contributed by atoms with van der Waals surface area (Å²) in [6, 6.07) is 0.717. The van der Waals surface area contributed by atoms with Gasteiger partial charge >= 0.3 is 12.4 Å². The highest BCUT2D eigenvalue weighted by Gasteiger charge is 2.66. The summed E-state index contributed by atoms with van der Waals surface area (Å²) < 4.78 is 132. The van der Waals surface area contributed by atoms with E-state index < -0.39 is 84.1 Å². The number of rotatable bonds is 5. The maximum atomic E-state index is 13.9. The van der Waals surface area contributed by atoms with Gasteiger partial charge in [-0.3, -0.25) is 0 Å². The SMILES string of the molecule is O=S1(=O)c2cc(F)c(F)cc2C(O)C1(C(CI)CI)C(O)c1cc(C(F)(F)F)nc(C(F)(F)F)c1. The van der Waals surface area contributed by atoms with Crippen LogP contribution in [0.1, 0.15) is 34.7 Å². The number of aliphatic hydroxyl groups is 2. The molecule has 0 amide bonds. The molecule has 0 fully saturated rings. The van der Waals surface area contributed by atoms with Crippen LogP contribution in [0.15, 0.2) is 29.2 Å². The molecule has 2 N–H and O–H groups in total. The Morgan fingerprint density at radius 1 is 0.943 bits per heavy atom. The van der Waals surface area contributed by atoms with E-state index in [2.05, 4.69) is 4.98 Å². The molecule has 1 aromatic heterocycles. The molecular formula is C19H13F8I2NO4S. The second-order valence-electron chi connectivity index (χ2n) is 7.64. The standard InChI is InChI=1S/C19H13F8I2NO4S/c20-10-3-9-12(4-11(10)21)35(33,34)17(16(9)32,8(5-28)6-29)15(31)7-1-13(18(22,23)24)30-14(2-7)19(25,26)27/h1-4,8,15-16,31-32H,5-6H2. The van der Waals surface area contributed by atoms with Gasteiger partial charge in [0.1, 0.15) is 28.3 Å². The molecule has 2 heterocycles. The van der Waals surface area contributed by atoms with Gasteiger partial charge in [-0.15, -0.1) is 0 Å². The summed E-state index contributed by atoms with van der Waals surface area (Å²) >= 11 is 3.34. The Hall–Kier alpha value is -0.860. The smallest absolute Gasteiger partial charge is 0.387 e. The first-order valence-electron chi connectivity index (χ1n) is 9.32. The van der Waals surface area contributed by atoms with Crippen LogP contribution < -0.4 is 0 Å². The number of halogens is 10. The van der Waals surface area contributed by atoms with Crippen LogP contribution in [0.25, 0.3) is 0 Å². The van der Waals surface area contributed by atoms with Crippen molar-refractivity contribution in [3.63, 3.8) is 0 Å². The topological polar surface area (TPSA) is 87.5 Å². The second kappa shape index (κ2) is 9.46. The first-order chi connectivity index (χ1) is 15.9. The van der Waals surface area contributed by atoms with Crippen molar-refractivity contribution in [1.82, 2.24) is 4.98 Å². The van der Waals surface area contributed by atoms with E-state index in [1.165, 1.54) is 0 Å². The summed E-state index contributed by atoms with van der Waals surface area (Å²) in [4.78, 5) is 1.61. The molecule has 0 aliphatic carbocycles. The fourth-order valence-corrected chi connectivity index (χ4v) is 10.5. The maximum Gasteiger partial charge on any atom is 0.433 e. The molecule has 1 aliphatic rings. The van der Waals surface area contributed by atoms with Crippen molar-refractivity contribution in [2.75, 3.05) is 8.86 Å². The van der Waals surface area contributed by atoms with Gasteiger partial charge < -0.3 is 10.2 Å². The number of hydrogen-bond donors (Lipinski definition) is 2. The minimum Gasteiger partial charge on any atom is -0.387 e. The summed E-state index contributed by atoms with van der Waals surface area (Å²) in [6.45, 7) is 0. The van der Waals surface area contributed by atoms with Crippen molar-refractivity contribution in [3.05, 3.63) is 58.4 Å². The molecule has 0 saturated carbocycles. The van der Waals surface area contributed by atoms with E-state index in [4.69, 9.17) is 0 Å². The van der Waals surface area contributed by atoms with E-state index in [-0.39, 0.29) is 27.1 Å². The third-order valence-electron chi connectivity index (χ3n) is 5.71. The van der Waals surface area contributed by atoms with E-state index in [9.17, 15) is 53.8 Å². The van der Waals surface area contributed by atoms with Gasteiger partial charge in [0.25, 0.3) is 0 Å². The molecule has 0 radical (unpaired) electrons. The largest absolute Gasteiger partial charge is 0.433 e. The van der Waals surface area contributed by atoms with Gasteiger partial charge in [-0.1, -0.05) is 45.2 Å². The van der Waals surface area contributed by atoms with E-state index >= 15 is 0 Å². The summed E-state index contributed by atoms with van der Waals surface area (Å²) in [5, 5.41) is 22.3. The molecular weight excluding hydrogens is 744 g/mol. The number of sulfone groups is 1. The molecule has 194 valence electrons. The molecule has 5 nitrogen and oxygen atoms in total. The van der Waals surface area contributed by atoms with Crippen molar-refractivity contribution >= 4 is 55.0 Å². The van der Waals surface area contributed by atoms with Crippen molar-refractivity contribution in [3.8, 4) is 0 Å². The molecule has 0 bridgehead atoms. The lowest BCUT2D eigenvalue weighted by molar-refractivity contribution is -0.150. The summed E-state index contributed by atoms with van der Waals surface area (Å²) in [5.41, 5.74) is -5.94. The van der Waals surface area contributed by atoms with Gasteiger partial charge in [-0.2, -0.15) is 26.3 Å². The van der Waals surface area contributed by atoms with Gasteiger partial charge in [0.2, 0.25) is 0 Å². The van der Waals surface area contributed by atoms with E-state index in [1.807, 2.05) is 0 Å². The Morgan fingerprint density at radius 3 is 1.83 bits per heavy atom. The fourth-order valence-electron chi connectivity index (χ4n) is 4.08. The molecule has 3 rings (SSSR count). The molecule has 35 heavy (non-hydrogen) atoms. The second-order valence-corrected chi connectivity index (χ2v) is 11.6. The third kappa shape index (κ3) is 4.54. The van der Waals surface area contributed by atoms with Crippen molar-refractivity contribution in [1.29, 1.82) is 0 Å². The van der Waals surface area contributed by atoms with Crippen LogP contribution in [0.3, 0.4) is 0 Å². The molecule has 3 atom stereocenters. The summed E-state index contributed by atoms with van der Waals surface area (Å²) in [6.07, 6.45) is -15.8. The van der Waals surface area contributed by atoms with Crippen LogP contribution in [0.2, 0.25) is 0 Å². The van der Waals surface area contributed by atoms with E-state index in [0.717, 1.165) is 0 Å². The Labute approximate surface area is 220 Å². The van der Waals surface area contributed by atoms with Crippen LogP contribution in [-0.4, -0.2) is 37.2 Å². The van der Waals surface area contributed by atoms with Gasteiger partial charge in [0, 0.05) is 20.3 Å². The van der Waals surface area contributed by atoms with Gasteiger partial charge in [0.05, 0.1) is 4.90 Å². The number of aliphatic hydroxyl groups excluding tert-OH is 2. The van der Waals surface area contributed by atoms with Crippen LogP contribution in [0, 0.1) is 17.6 Å². The molecule has 2 aromatic rings. The van der Waals surface area contributed by atoms with Gasteiger partial charge in [0.15, 0.2) is 21.5 Å². The highest BCUT2D eigenvalue weighted by molar-refractivity contribution is 14.1. The quantitative estimate of drug-likeness (QED) is 0.190. The minimum atomic E-state index is -5.41. The number of alkyl halides is 8. The zero-order valence-electron chi connectivity index (χ0n) is 16.8. The van der Waals surface area contributed by atoms with Crippen molar-refractivity contribution in [2.45, 2.75) is 34.2 Å². The highest BCUT2D eigenvalue weighted by atomic mass is 127. The van der Waals surface area contributed by atoms with Gasteiger partial charge in [-0.05, 0) is 29.8 Å². The average Bonchev–Trinajstić information content (AvgIpc) is 2.91. The molecule has 3 unspecified atom stereocenters. The number of nitrogens with zero attached hydrogens (tertiary/aromatic N) is 1. The molecule has 0 spiro atoms. The maximum absolute atomic E-state index is 13.9. The van der Waals surface area contributed by atoms with Crippen LogP contribution in [0.4, 0.5) is 35.1 Å². The lowest BCUT2D eigenvalue weighted by atomic mass is 9.79. The van der Waals surface area contributed by atoms with Crippen molar-refractivity contribution in [2.24, 2.45) is 5.92 Å². The lowest BCUT2D eigenvalue weighted by Gasteiger charge is -2.41. The van der Waals surface area contributed by atoms with Crippen molar-refractivity contribution < 1.29 is 53.8 Å². The molecule has 1 aromatic carbocycles. The van der Waals surface area contributed by atoms with Crippen LogP contribution in [0.5, 0.6) is 0 Å². The zero-order valence-corrected chi connectivity index (χ0v) is 21.9. The first-order valence-corrected chi connectivity index (χ1v) is 13.9. The number of hydrogen-bond acceptors (Lipinski definition) is 5. The number of benzene rings is 1. The predicted molar refractivity (Wildman–Crippen MR) is 122 cm³/mol. The molecule has 0 saturated heterocycles. The van der Waals surface area contributed by atoms with Gasteiger partial charge in [-0.25, -0.2) is 22.2 Å². The molecule has 16 heteroatoms. The molecule has 1 aliphatic heterocycles. The van der Waals surface area contributed by atoms with E-state index in [0.29, 0.717) is 6.07 Å². The third-order valence-corrected chi connectivity index (χ3v) is 10.5. The van der Waals surface area contributed by atoms with Crippen LogP contribution in [-0.2, 0) is 22.2 Å². The highest BCUT2D eigenvalue weighted by Crippen LogP contribution is 2.58. The van der Waals surface area contributed by atoms with Crippen LogP contribution >= 0.6 is 45.2 Å². The number of pyridine rings is 1. The Bertz CT molecular complexity index is 1220. The lowest BCUT2D eigenvalue weighted by Crippen LogP contribution is -2.53. The Morgan fingerprint density at radius 2 is 1.40 bits per heavy atom.